The lowest BCUT2D eigenvalue weighted by molar-refractivity contribution is 0.605. The van der Waals surface area contributed by atoms with E-state index in [-0.39, 0.29) is 11.5 Å². The van der Waals surface area contributed by atoms with Crippen LogP contribution in [0.3, 0.4) is 0 Å². The third-order valence-electron chi connectivity index (χ3n) is 5.90. The molecular weight excluding hydrogens is 428 g/mol. The molecule has 164 valence electrons. The van der Waals surface area contributed by atoms with Gasteiger partial charge >= 0.3 is 0 Å². The van der Waals surface area contributed by atoms with E-state index in [1.54, 1.807) is 11.3 Å². The van der Waals surface area contributed by atoms with Crippen LogP contribution in [0.15, 0.2) is 86.8 Å². The van der Waals surface area contributed by atoms with Crippen molar-refractivity contribution in [3.05, 3.63) is 105 Å². The average molecular weight is 453 g/mol. The lowest BCUT2D eigenvalue weighted by atomic mass is 9.98. The second-order valence-corrected chi connectivity index (χ2v) is 8.99. The van der Waals surface area contributed by atoms with Gasteiger partial charge in [0.2, 0.25) is 0 Å². The summed E-state index contributed by atoms with van der Waals surface area (Å²) in [5.74, 6) is 0.619. The Morgan fingerprint density at radius 1 is 1.00 bits per heavy atom. The van der Waals surface area contributed by atoms with Gasteiger partial charge in [-0.3, -0.25) is 4.79 Å². The molecule has 5 aromatic rings. The first-order valence-electron chi connectivity index (χ1n) is 10.9. The summed E-state index contributed by atoms with van der Waals surface area (Å²) < 4.78 is 6.46. The highest BCUT2D eigenvalue weighted by Gasteiger charge is 2.19. The molecule has 5 heteroatoms. The molecule has 2 aromatic heterocycles. The summed E-state index contributed by atoms with van der Waals surface area (Å²) in [7, 11) is 0. The maximum absolute atomic E-state index is 13.3. The van der Waals surface area contributed by atoms with Crippen LogP contribution in [-0.4, -0.2) is 4.98 Å². The molecule has 3 aromatic carbocycles. The standard InChI is InChI=1S/C28H24N2O2S/c1-17-13-22(19(3)30-24-12-8-7-11-21(24)25-15-33-16-29-25)28-23(14-17)26(31)18(2)27(32-28)20-9-5-4-6-10-20/h4-16,19,30H,1-3H3. The van der Waals surface area contributed by atoms with Gasteiger partial charge in [0.25, 0.3) is 0 Å². The first-order valence-corrected chi connectivity index (χ1v) is 11.8. The molecular formula is C28H24N2O2S. The third kappa shape index (κ3) is 3.96. The lowest BCUT2D eigenvalue weighted by Gasteiger charge is -2.20. The number of aromatic nitrogens is 1. The van der Waals surface area contributed by atoms with Gasteiger partial charge in [-0.15, -0.1) is 11.3 Å². The summed E-state index contributed by atoms with van der Waals surface area (Å²) in [6.45, 7) is 5.94. The molecule has 0 aliphatic rings. The Kier molecular flexibility index (Phi) is 5.56. The summed E-state index contributed by atoms with van der Waals surface area (Å²) in [6.07, 6.45) is 0. The number of anilines is 1. The Labute approximate surface area is 196 Å². The molecule has 5 rings (SSSR count). The predicted octanol–water partition coefficient (Wildman–Crippen LogP) is 7.37. The van der Waals surface area contributed by atoms with Crippen LogP contribution in [0.1, 0.15) is 29.7 Å². The maximum atomic E-state index is 13.3. The van der Waals surface area contributed by atoms with Gasteiger partial charge in [-0.05, 0) is 38.5 Å². The molecule has 4 nitrogen and oxygen atoms in total. The minimum Gasteiger partial charge on any atom is -0.455 e. The van der Waals surface area contributed by atoms with E-state index in [1.165, 1.54) is 0 Å². The quantitative estimate of drug-likeness (QED) is 0.302. The summed E-state index contributed by atoms with van der Waals surface area (Å²) in [4.78, 5) is 17.8. The summed E-state index contributed by atoms with van der Waals surface area (Å²) in [6, 6.07) is 21.9. The van der Waals surface area contributed by atoms with Gasteiger partial charge in [0.05, 0.1) is 22.6 Å². The molecule has 0 amide bonds. The summed E-state index contributed by atoms with van der Waals surface area (Å²) >= 11 is 1.58. The van der Waals surface area contributed by atoms with Crippen molar-refractivity contribution in [3.63, 3.8) is 0 Å². The van der Waals surface area contributed by atoms with Crippen LogP contribution in [-0.2, 0) is 0 Å². The fourth-order valence-corrected chi connectivity index (χ4v) is 4.79. The maximum Gasteiger partial charge on any atom is 0.196 e. The second-order valence-electron chi connectivity index (χ2n) is 8.27. The average Bonchev–Trinajstić information content (AvgIpc) is 3.37. The molecule has 33 heavy (non-hydrogen) atoms. The third-order valence-corrected chi connectivity index (χ3v) is 6.49. The highest BCUT2D eigenvalue weighted by molar-refractivity contribution is 7.07. The number of thiazole rings is 1. The van der Waals surface area contributed by atoms with Crippen molar-refractivity contribution >= 4 is 28.0 Å². The van der Waals surface area contributed by atoms with Gasteiger partial charge in [0.1, 0.15) is 11.3 Å². The van der Waals surface area contributed by atoms with Gasteiger partial charge in [-0.25, -0.2) is 4.98 Å². The van der Waals surface area contributed by atoms with Crippen LogP contribution in [0, 0.1) is 13.8 Å². The van der Waals surface area contributed by atoms with E-state index in [1.807, 2.05) is 73.3 Å². The van der Waals surface area contributed by atoms with Gasteiger partial charge in [0.15, 0.2) is 5.43 Å². The zero-order valence-corrected chi connectivity index (χ0v) is 19.6. The molecule has 2 heterocycles. The van der Waals surface area contributed by atoms with E-state index in [4.69, 9.17) is 4.42 Å². The van der Waals surface area contributed by atoms with Crippen molar-refractivity contribution in [2.45, 2.75) is 26.8 Å². The summed E-state index contributed by atoms with van der Waals surface area (Å²) in [5, 5.41) is 6.29. The van der Waals surface area contributed by atoms with Gasteiger partial charge in [-0.1, -0.05) is 54.6 Å². The topological polar surface area (TPSA) is 55.1 Å². The number of hydrogen-bond donors (Lipinski definition) is 1. The number of hydrogen-bond acceptors (Lipinski definition) is 5. The molecule has 1 atom stereocenters. The van der Waals surface area contributed by atoms with E-state index in [0.717, 1.165) is 33.6 Å². The Bertz CT molecular complexity index is 1490. The normalized spacial score (nSPS) is 12.1. The number of nitrogens with zero attached hydrogens (tertiary/aromatic N) is 1. The molecule has 0 saturated heterocycles. The molecule has 0 radical (unpaired) electrons. The SMILES string of the molecule is Cc1cc(C(C)Nc2ccccc2-c2cscn2)c2oc(-c3ccccc3)c(C)c(=O)c2c1. The van der Waals surface area contributed by atoms with E-state index in [9.17, 15) is 4.79 Å². The van der Waals surface area contributed by atoms with E-state index < -0.39 is 0 Å². The van der Waals surface area contributed by atoms with Crippen LogP contribution in [0.5, 0.6) is 0 Å². The molecule has 0 spiro atoms. The van der Waals surface area contributed by atoms with Crippen molar-refractivity contribution in [2.24, 2.45) is 0 Å². The fourth-order valence-electron chi connectivity index (χ4n) is 4.24. The van der Waals surface area contributed by atoms with Crippen molar-refractivity contribution in [1.82, 2.24) is 4.98 Å². The minimum atomic E-state index is -0.0957. The van der Waals surface area contributed by atoms with E-state index >= 15 is 0 Å². The number of benzene rings is 3. The van der Waals surface area contributed by atoms with Crippen molar-refractivity contribution < 1.29 is 4.42 Å². The van der Waals surface area contributed by atoms with Crippen molar-refractivity contribution in [1.29, 1.82) is 0 Å². The number of rotatable bonds is 5. The second kappa shape index (κ2) is 8.68. The molecule has 0 fully saturated rings. The molecule has 0 aliphatic heterocycles. The fraction of sp³-hybridized carbons (Fsp3) is 0.143. The van der Waals surface area contributed by atoms with E-state index in [2.05, 4.69) is 35.4 Å². The Balaban J connectivity index is 1.64. The first-order chi connectivity index (χ1) is 16.0. The van der Waals surface area contributed by atoms with Crippen LogP contribution < -0.4 is 10.7 Å². The van der Waals surface area contributed by atoms with E-state index in [0.29, 0.717) is 22.3 Å². The lowest BCUT2D eigenvalue weighted by Crippen LogP contribution is -2.12. The number of aryl methyl sites for hydroxylation is 1. The zero-order valence-electron chi connectivity index (χ0n) is 18.8. The zero-order chi connectivity index (χ0) is 22.9. The highest BCUT2D eigenvalue weighted by atomic mass is 32.1. The highest BCUT2D eigenvalue weighted by Crippen LogP contribution is 2.34. The Hall–Kier alpha value is -3.70. The Morgan fingerprint density at radius 3 is 2.52 bits per heavy atom. The number of nitrogens with one attached hydrogen (secondary N) is 1. The summed E-state index contributed by atoms with van der Waals surface area (Å²) in [5.41, 5.74) is 8.95. The molecule has 1 unspecified atom stereocenters. The van der Waals surface area contributed by atoms with Crippen LogP contribution in [0.2, 0.25) is 0 Å². The smallest absolute Gasteiger partial charge is 0.196 e. The molecule has 0 aliphatic carbocycles. The van der Waals surface area contributed by atoms with Gasteiger partial charge in [-0.2, -0.15) is 0 Å². The van der Waals surface area contributed by atoms with Crippen molar-refractivity contribution in [3.8, 4) is 22.6 Å². The Morgan fingerprint density at radius 2 is 1.76 bits per heavy atom. The largest absolute Gasteiger partial charge is 0.455 e. The number of fused-ring (bicyclic) bond motifs is 1. The molecule has 0 bridgehead atoms. The predicted molar refractivity (Wildman–Crippen MR) is 137 cm³/mol. The van der Waals surface area contributed by atoms with Crippen LogP contribution in [0.25, 0.3) is 33.6 Å². The molecule has 1 N–H and O–H groups in total. The van der Waals surface area contributed by atoms with Crippen LogP contribution in [0.4, 0.5) is 5.69 Å². The minimum absolute atomic E-state index is 0.00938. The van der Waals surface area contributed by atoms with Gasteiger partial charge < -0.3 is 9.73 Å². The molecule has 0 saturated carbocycles. The monoisotopic (exact) mass is 452 g/mol. The van der Waals surface area contributed by atoms with Crippen LogP contribution >= 0.6 is 11.3 Å². The number of para-hydroxylation sites is 1. The first kappa shape index (κ1) is 21.2. The van der Waals surface area contributed by atoms with Gasteiger partial charge in [0, 0.05) is 33.3 Å². The van der Waals surface area contributed by atoms with Crippen molar-refractivity contribution in [2.75, 3.05) is 5.32 Å².